The average molecular weight is 364 g/mol. The molecule has 1 unspecified atom stereocenters. The molecule has 0 radical (unpaired) electrons. The minimum absolute atomic E-state index is 0.00851. The van der Waals surface area contributed by atoms with Gasteiger partial charge in [0, 0.05) is 18.8 Å². The molecule has 25 heavy (non-hydrogen) atoms. The van der Waals surface area contributed by atoms with Crippen LogP contribution in [0.1, 0.15) is 31.7 Å². The van der Waals surface area contributed by atoms with Crippen LogP contribution in [0.5, 0.6) is 0 Å². The summed E-state index contributed by atoms with van der Waals surface area (Å²) in [5.74, 6) is -0.462. The number of carbonyl (C=O) groups is 2. The van der Waals surface area contributed by atoms with Crippen molar-refractivity contribution in [3.05, 3.63) is 29.8 Å². The van der Waals surface area contributed by atoms with Crippen molar-refractivity contribution in [1.82, 2.24) is 4.90 Å². The minimum Gasteiger partial charge on any atom is -0.341 e. The number of sulfone groups is 1. The molecule has 2 amide bonds. The minimum atomic E-state index is -3.07. The van der Waals surface area contributed by atoms with Gasteiger partial charge < -0.3 is 10.2 Å². The molecule has 2 fully saturated rings. The molecule has 1 aliphatic carbocycles. The standard InChI is InChI=1S/C18H24N2O4S/c1-3-13-4-6-14(7-5-13)19-16(21)18(9-10-18)17(22)20(2)15-8-11-25(23,24)12-15/h4-7,15H,3,8-12H2,1-2H3,(H,19,21). The summed E-state index contributed by atoms with van der Waals surface area (Å²) >= 11 is 0. The van der Waals surface area contributed by atoms with Gasteiger partial charge in [0.25, 0.3) is 0 Å². The number of amides is 2. The molecule has 1 aromatic rings. The van der Waals surface area contributed by atoms with Crippen molar-refractivity contribution in [1.29, 1.82) is 0 Å². The van der Waals surface area contributed by atoms with Crippen LogP contribution in [-0.2, 0) is 25.8 Å². The summed E-state index contributed by atoms with van der Waals surface area (Å²) in [7, 11) is -1.46. The van der Waals surface area contributed by atoms with Crippen LogP contribution >= 0.6 is 0 Å². The van der Waals surface area contributed by atoms with Gasteiger partial charge in [0.05, 0.1) is 11.5 Å². The predicted molar refractivity (Wildman–Crippen MR) is 95.9 cm³/mol. The molecule has 1 N–H and O–H groups in total. The number of hydrogen-bond acceptors (Lipinski definition) is 4. The Morgan fingerprint density at radius 2 is 1.88 bits per heavy atom. The van der Waals surface area contributed by atoms with E-state index in [-0.39, 0.29) is 29.4 Å². The third-order valence-corrected chi connectivity index (χ3v) is 7.04. The number of anilines is 1. The fourth-order valence-corrected chi connectivity index (χ4v) is 5.10. The number of nitrogens with one attached hydrogen (secondary N) is 1. The highest BCUT2D eigenvalue weighted by atomic mass is 32.2. The van der Waals surface area contributed by atoms with Crippen molar-refractivity contribution in [2.24, 2.45) is 5.41 Å². The maximum atomic E-state index is 12.8. The smallest absolute Gasteiger partial charge is 0.240 e. The first-order valence-electron chi connectivity index (χ1n) is 8.65. The first-order valence-corrected chi connectivity index (χ1v) is 10.5. The quantitative estimate of drug-likeness (QED) is 0.805. The maximum absolute atomic E-state index is 12.8. The van der Waals surface area contributed by atoms with Crippen molar-refractivity contribution in [2.45, 2.75) is 38.6 Å². The molecule has 2 aliphatic rings. The lowest BCUT2D eigenvalue weighted by molar-refractivity contribution is -0.142. The molecular formula is C18H24N2O4S. The predicted octanol–water partition coefficient (Wildman–Crippen LogP) is 1.61. The van der Waals surface area contributed by atoms with Gasteiger partial charge in [0.1, 0.15) is 5.41 Å². The van der Waals surface area contributed by atoms with Gasteiger partial charge in [0.2, 0.25) is 11.8 Å². The van der Waals surface area contributed by atoms with Crippen molar-refractivity contribution >= 4 is 27.3 Å². The Labute approximate surface area is 148 Å². The van der Waals surface area contributed by atoms with E-state index in [4.69, 9.17) is 0 Å². The zero-order chi connectivity index (χ0) is 18.2. The summed E-state index contributed by atoms with van der Waals surface area (Å²) in [6.07, 6.45) is 2.38. The van der Waals surface area contributed by atoms with E-state index in [1.165, 1.54) is 10.5 Å². The second-order valence-corrected chi connectivity index (χ2v) is 9.29. The number of nitrogens with zero attached hydrogens (tertiary/aromatic N) is 1. The molecule has 1 aromatic carbocycles. The number of hydrogen-bond donors (Lipinski definition) is 1. The SMILES string of the molecule is CCc1ccc(NC(=O)C2(C(=O)N(C)C3CCS(=O)(=O)C3)CC2)cc1. The van der Waals surface area contributed by atoms with Crippen molar-refractivity contribution < 1.29 is 18.0 Å². The average Bonchev–Trinajstić information content (AvgIpc) is 3.32. The molecule has 1 saturated heterocycles. The zero-order valence-corrected chi connectivity index (χ0v) is 15.4. The Balaban J connectivity index is 1.68. The second-order valence-electron chi connectivity index (χ2n) is 7.06. The third-order valence-electron chi connectivity index (χ3n) is 5.29. The molecule has 6 nitrogen and oxygen atoms in total. The first kappa shape index (κ1) is 17.9. The van der Waals surface area contributed by atoms with E-state index in [0.717, 1.165) is 6.42 Å². The van der Waals surface area contributed by atoms with Crippen LogP contribution < -0.4 is 5.32 Å². The molecule has 1 heterocycles. The first-order chi connectivity index (χ1) is 11.8. The Bertz CT molecular complexity index is 782. The van der Waals surface area contributed by atoms with E-state index in [9.17, 15) is 18.0 Å². The number of benzene rings is 1. The summed E-state index contributed by atoms with van der Waals surface area (Å²) in [4.78, 5) is 27.0. The van der Waals surface area contributed by atoms with Crippen LogP contribution in [0.3, 0.4) is 0 Å². The van der Waals surface area contributed by atoms with Gasteiger partial charge in [-0.25, -0.2) is 8.42 Å². The molecular weight excluding hydrogens is 340 g/mol. The lowest BCUT2D eigenvalue weighted by atomic mass is 10.0. The zero-order valence-electron chi connectivity index (χ0n) is 14.6. The monoisotopic (exact) mass is 364 g/mol. The van der Waals surface area contributed by atoms with Crippen LogP contribution in [0.15, 0.2) is 24.3 Å². The summed E-state index contributed by atoms with van der Waals surface area (Å²) in [6, 6.07) is 7.25. The van der Waals surface area contributed by atoms with E-state index < -0.39 is 15.3 Å². The van der Waals surface area contributed by atoms with Gasteiger partial charge in [-0.15, -0.1) is 0 Å². The number of carbonyl (C=O) groups excluding carboxylic acids is 2. The Morgan fingerprint density at radius 1 is 1.24 bits per heavy atom. The van der Waals surface area contributed by atoms with Crippen molar-refractivity contribution in [2.75, 3.05) is 23.9 Å². The van der Waals surface area contributed by atoms with Crippen LogP contribution in [0, 0.1) is 5.41 Å². The highest BCUT2D eigenvalue weighted by molar-refractivity contribution is 7.91. The second kappa shape index (κ2) is 6.44. The van der Waals surface area contributed by atoms with Gasteiger partial charge >= 0.3 is 0 Å². The highest BCUT2D eigenvalue weighted by Crippen LogP contribution is 2.48. The summed E-state index contributed by atoms with van der Waals surface area (Å²) in [6.45, 7) is 2.06. The fourth-order valence-electron chi connectivity index (χ4n) is 3.32. The van der Waals surface area contributed by atoms with Crippen LogP contribution in [-0.4, -0.2) is 49.7 Å². The largest absolute Gasteiger partial charge is 0.341 e. The molecule has 1 saturated carbocycles. The Kier molecular flexibility index (Phi) is 4.62. The van der Waals surface area contributed by atoms with Gasteiger partial charge in [0.15, 0.2) is 9.84 Å². The maximum Gasteiger partial charge on any atom is 0.240 e. The number of aryl methyl sites for hydroxylation is 1. The fraction of sp³-hybridized carbons (Fsp3) is 0.556. The van der Waals surface area contributed by atoms with E-state index in [0.29, 0.717) is 24.9 Å². The Hall–Kier alpha value is -1.89. The molecule has 1 atom stereocenters. The number of rotatable bonds is 5. The van der Waals surface area contributed by atoms with Crippen LogP contribution in [0.25, 0.3) is 0 Å². The lowest BCUT2D eigenvalue weighted by Gasteiger charge is -2.27. The van der Waals surface area contributed by atoms with E-state index in [2.05, 4.69) is 12.2 Å². The van der Waals surface area contributed by atoms with E-state index in [1.54, 1.807) is 7.05 Å². The topological polar surface area (TPSA) is 83.6 Å². The third kappa shape index (κ3) is 3.56. The molecule has 0 aromatic heterocycles. The Morgan fingerprint density at radius 3 is 2.36 bits per heavy atom. The molecule has 0 bridgehead atoms. The summed E-state index contributed by atoms with van der Waals surface area (Å²) in [5, 5.41) is 2.83. The molecule has 136 valence electrons. The van der Waals surface area contributed by atoms with Gasteiger partial charge in [-0.1, -0.05) is 19.1 Å². The van der Waals surface area contributed by atoms with Gasteiger partial charge in [-0.3, -0.25) is 9.59 Å². The van der Waals surface area contributed by atoms with Gasteiger partial charge in [-0.2, -0.15) is 0 Å². The van der Waals surface area contributed by atoms with Crippen molar-refractivity contribution in [3.8, 4) is 0 Å². The van der Waals surface area contributed by atoms with Crippen molar-refractivity contribution in [3.63, 3.8) is 0 Å². The lowest BCUT2D eigenvalue weighted by Crippen LogP contribution is -2.46. The van der Waals surface area contributed by atoms with E-state index in [1.807, 2.05) is 24.3 Å². The van der Waals surface area contributed by atoms with Crippen LogP contribution in [0.2, 0.25) is 0 Å². The summed E-state index contributed by atoms with van der Waals surface area (Å²) in [5.41, 5.74) is 0.814. The molecule has 3 rings (SSSR count). The normalized spacial score (nSPS) is 23.0. The molecule has 7 heteroatoms. The van der Waals surface area contributed by atoms with E-state index >= 15 is 0 Å². The van der Waals surface area contributed by atoms with Gasteiger partial charge in [-0.05, 0) is 43.4 Å². The molecule has 1 aliphatic heterocycles. The highest BCUT2D eigenvalue weighted by Gasteiger charge is 2.58. The van der Waals surface area contributed by atoms with Crippen LogP contribution in [0.4, 0.5) is 5.69 Å². The molecule has 0 spiro atoms. The summed E-state index contributed by atoms with van der Waals surface area (Å²) < 4.78 is 23.3.